The van der Waals surface area contributed by atoms with Crippen molar-refractivity contribution in [1.29, 1.82) is 5.26 Å². The van der Waals surface area contributed by atoms with Crippen LogP contribution in [0.4, 0.5) is 0 Å². The van der Waals surface area contributed by atoms with Gasteiger partial charge in [-0.2, -0.15) is 5.26 Å². The number of carbonyl (C=O) groups excluding carboxylic acids is 1. The van der Waals surface area contributed by atoms with Crippen LogP contribution in [0.1, 0.15) is 12.6 Å². The van der Waals surface area contributed by atoms with Crippen molar-refractivity contribution >= 4 is 16.9 Å². The van der Waals surface area contributed by atoms with Crippen molar-refractivity contribution in [2.24, 2.45) is 0 Å². The Morgan fingerprint density at radius 1 is 1.38 bits per heavy atom. The Balaban J connectivity index is 2.74. The Labute approximate surface area is 91.3 Å². The molecule has 0 aliphatic carbocycles. The van der Waals surface area contributed by atoms with Gasteiger partial charge in [0, 0.05) is 12.3 Å². The van der Waals surface area contributed by atoms with E-state index in [0.717, 1.165) is 0 Å². The zero-order chi connectivity index (χ0) is 11.5. The van der Waals surface area contributed by atoms with Crippen molar-refractivity contribution in [2.75, 3.05) is 0 Å². The van der Waals surface area contributed by atoms with Crippen LogP contribution in [0.2, 0.25) is 0 Å². The molecule has 0 amide bonds. The van der Waals surface area contributed by atoms with Gasteiger partial charge in [0.25, 0.3) is 0 Å². The van der Waals surface area contributed by atoms with Crippen molar-refractivity contribution in [2.45, 2.75) is 6.92 Å². The molecular weight excluding hydrogens is 206 g/mol. The van der Waals surface area contributed by atoms with Crippen LogP contribution < -0.4 is 4.74 Å². The van der Waals surface area contributed by atoms with Crippen LogP contribution in [0.3, 0.4) is 0 Å². The summed E-state index contributed by atoms with van der Waals surface area (Å²) in [6.07, 6.45) is 0. The highest BCUT2D eigenvalue weighted by atomic mass is 16.5. The van der Waals surface area contributed by atoms with E-state index < -0.39 is 5.97 Å². The monoisotopic (exact) mass is 213 g/mol. The molecule has 0 aliphatic rings. The minimum absolute atomic E-state index is 0.00824. The first-order chi connectivity index (χ1) is 7.72. The second kappa shape index (κ2) is 3.95. The lowest BCUT2D eigenvalue weighted by Crippen LogP contribution is -2.05. The van der Waals surface area contributed by atoms with Gasteiger partial charge in [-0.15, -0.1) is 10.2 Å². The molecule has 1 heterocycles. The van der Waals surface area contributed by atoms with Crippen LogP contribution in [0.25, 0.3) is 10.9 Å². The maximum Gasteiger partial charge on any atom is 0.308 e. The zero-order valence-electron chi connectivity index (χ0n) is 8.47. The highest BCUT2D eigenvalue weighted by Crippen LogP contribution is 2.26. The lowest BCUT2D eigenvalue weighted by Gasteiger charge is -2.05. The number of rotatable bonds is 1. The van der Waals surface area contributed by atoms with Gasteiger partial charge in [0.15, 0.2) is 5.75 Å². The van der Waals surface area contributed by atoms with Gasteiger partial charge >= 0.3 is 5.97 Å². The SMILES string of the molecule is CC(=O)Oc1c(C#N)nnc2ccccc12. The first kappa shape index (κ1) is 10.1. The number of aromatic nitrogens is 2. The molecule has 78 valence electrons. The topological polar surface area (TPSA) is 75.9 Å². The van der Waals surface area contributed by atoms with E-state index in [4.69, 9.17) is 10.00 Å². The molecule has 0 saturated heterocycles. The Morgan fingerprint density at radius 2 is 2.12 bits per heavy atom. The predicted octanol–water partition coefficient (Wildman–Crippen LogP) is 1.43. The van der Waals surface area contributed by atoms with Crippen molar-refractivity contribution in [1.82, 2.24) is 10.2 Å². The number of benzene rings is 1. The van der Waals surface area contributed by atoms with E-state index in [1.807, 2.05) is 6.07 Å². The molecule has 0 fully saturated rings. The summed E-state index contributed by atoms with van der Waals surface area (Å²) >= 11 is 0. The molecular formula is C11H7N3O2. The van der Waals surface area contributed by atoms with Crippen LogP contribution >= 0.6 is 0 Å². The summed E-state index contributed by atoms with van der Waals surface area (Å²) in [6.45, 7) is 1.27. The van der Waals surface area contributed by atoms with Gasteiger partial charge in [0.2, 0.25) is 5.69 Å². The summed E-state index contributed by atoms with van der Waals surface area (Å²) in [6, 6.07) is 8.87. The normalized spacial score (nSPS) is 9.75. The van der Waals surface area contributed by atoms with Crippen LogP contribution in [0, 0.1) is 11.3 Å². The van der Waals surface area contributed by atoms with Crippen LogP contribution in [0.15, 0.2) is 24.3 Å². The molecule has 0 saturated carbocycles. The quantitative estimate of drug-likeness (QED) is 0.669. The Hall–Kier alpha value is -2.48. The smallest absolute Gasteiger partial charge is 0.308 e. The van der Waals surface area contributed by atoms with E-state index in [2.05, 4.69) is 10.2 Å². The third-order valence-electron chi connectivity index (χ3n) is 1.97. The number of nitriles is 1. The van der Waals surface area contributed by atoms with Gasteiger partial charge in [-0.1, -0.05) is 12.1 Å². The van der Waals surface area contributed by atoms with Crippen molar-refractivity contribution < 1.29 is 9.53 Å². The summed E-state index contributed by atoms with van der Waals surface area (Å²) < 4.78 is 4.99. The molecule has 5 heteroatoms. The molecule has 0 unspecified atom stereocenters. The van der Waals surface area contributed by atoms with Gasteiger partial charge in [-0.25, -0.2) is 0 Å². The highest BCUT2D eigenvalue weighted by molar-refractivity contribution is 5.88. The van der Waals surface area contributed by atoms with Crippen molar-refractivity contribution in [3.63, 3.8) is 0 Å². The molecule has 2 rings (SSSR count). The average Bonchev–Trinajstić information content (AvgIpc) is 2.29. The first-order valence-corrected chi connectivity index (χ1v) is 4.56. The highest BCUT2D eigenvalue weighted by Gasteiger charge is 2.13. The van der Waals surface area contributed by atoms with Gasteiger partial charge in [-0.3, -0.25) is 4.79 Å². The number of hydrogen-bond acceptors (Lipinski definition) is 5. The van der Waals surface area contributed by atoms with Gasteiger partial charge < -0.3 is 4.74 Å². The van der Waals surface area contributed by atoms with E-state index in [0.29, 0.717) is 10.9 Å². The summed E-state index contributed by atoms with van der Waals surface area (Å²) in [5.41, 5.74) is 0.589. The molecule has 0 atom stereocenters. The molecule has 1 aromatic carbocycles. The van der Waals surface area contributed by atoms with E-state index in [1.165, 1.54) is 6.92 Å². The molecule has 0 radical (unpaired) electrons. The number of hydrogen-bond donors (Lipinski definition) is 0. The van der Waals surface area contributed by atoms with Crippen molar-refractivity contribution in [3.05, 3.63) is 30.0 Å². The van der Waals surface area contributed by atoms with Crippen LogP contribution in [-0.2, 0) is 4.79 Å². The second-order valence-corrected chi connectivity index (χ2v) is 3.10. The number of carbonyl (C=O) groups is 1. The lowest BCUT2D eigenvalue weighted by atomic mass is 10.2. The van der Waals surface area contributed by atoms with Crippen LogP contribution in [-0.4, -0.2) is 16.2 Å². The Morgan fingerprint density at radius 3 is 2.81 bits per heavy atom. The summed E-state index contributed by atoms with van der Waals surface area (Å²) in [5, 5.41) is 17.0. The third kappa shape index (κ3) is 1.68. The van der Waals surface area contributed by atoms with E-state index >= 15 is 0 Å². The van der Waals surface area contributed by atoms with Gasteiger partial charge in [0.1, 0.15) is 6.07 Å². The number of nitrogens with zero attached hydrogens (tertiary/aromatic N) is 3. The summed E-state index contributed by atoms with van der Waals surface area (Å²) in [5.74, 6) is -0.324. The fraction of sp³-hybridized carbons (Fsp3) is 0.0909. The first-order valence-electron chi connectivity index (χ1n) is 4.56. The molecule has 16 heavy (non-hydrogen) atoms. The van der Waals surface area contributed by atoms with Gasteiger partial charge in [0.05, 0.1) is 5.52 Å². The fourth-order valence-electron chi connectivity index (χ4n) is 1.35. The average molecular weight is 213 g/mol. The maximum absolute atomic E-state index is 10.9. The Kier molecular flexibility index (Phi) is 2.48. The zero-order valence-corrected chi connectivity index (χ0v) is 8.47. The maximum atomic E-state index is 10.9. The van der Waals surface area contributed by atoms with E-state index in [-0.39, 0.29) is 11.4 Å². The van der Waals surface area contributed by atoms with Crippen LogP contribution in [0.5, 0.6) is 5.75 Å². The minimum Gasteiger partial charge on any atom is -0.423 e. The summed E-state index contributed by atoms with van der Waals surface area (Å²) in [4.78, 5) is 10.9. The summed E-state index contributed by atoms with van der Waals surface area (Å²) in [7, 11) is 0. The number of ether oxygens (including phenoxy) is 1. The fourth-order valence-corrected chi connectivity index (χ4v) is 1.35. The Bertz CT molecular complexity index is 602. The predicted molar refractivity (Wildman–Crippen MR) is 55.6 cm³/mol. The molecule has 1 aromatic heterocycles. The minimum atomic E-state index is -0.491. The number of fused-ring (bicyclic) bond motifs is 1. The largest absolute Gasteiger partial charge is 0.423 e. The molecule has 0 bridgehead atoms. The number of esters is 1. The lowest BCUT2D eigenvalue weighted by molar-refractivity contribution is -0.131. The van der Waals surface area contributed by atoms with Gasteiger partial charge in [-0.05, 0) is 12.1 Å². The molecule has 5 nitrogen and oxygen atoms in total. The molecule has 0 aliphatic heterocycles. The third-order valence-corrected chi connectivity index (χ3v) is 1.97. The molecule has 0 N–H and O–H groups in total. The van der Waals surface area contributed by atoms with Crippen molar-refractivity contribution in [3.8, 4) is 11.8 Å². The van der Waals surface area contributed by atoms with E-state index in [9.17, 15) is 4.79 Å². The molecule has 2 aromatic rings. The molecule has 0 spiro atoms. The second-order valence-electron chi connectivity index (χ2n) is 3.10. The van der Waals surface area contributed by atoms with E-state index in [1.54, 1.807) is 24.3 Å². The standard InChI is InChI=1S/C11H7N3O2/c1-7(15)16-11-8-4-2-3-5-9(8)13-14-10(11)6-12/h2-5H,1H3.